The predicted octanol–water partition coefficient (Wildman–Crippen LogP) is 1.19. The third-order valence-electron chi connectivity index (χ3n) is 3.82. The Balaban J connectivity index is 2.18. The van der Waals surface area contributed by atoms with Crippen LogP contribution >= 0.6 is 0 Å². The van der Waals surface area contributed by atoms with Crippen molar-refractivity contribution in [1.82, 2.24) is 10.0 Å². The Hall–Kier alpha value is -3.31. The van der Waals surface area contributed by atoms with Crippen LogP contribution < -0.4 is 19.5 Å². The molecule has 1 aromatic heterocycles. The van der Waals surface area contributed by atoms with Crippen molar-refractivity contribution in [2.75, 3.05) is 34.4 Å². The summed E-state index contributed by atoms with van der Waals surface area (Å²) in [7, 11) is -0.135. The number of hydrogen-bond acceptors (Lipinski definition) is 8. The lowest BCUT2D eigenvalue weighted by molar-refractivity contribution is -0.134. The number of sulfonamides is 1. The van der Waals surface area contributed by atoms with Crippen molar-refractivity contribution in [3.8, 4) is 11.5 Å². The number of furan rings is 1. The zero-order valence-corrected chi connectivity index (χ0v) is 17.4. The first kappa shape index (κ1) is 23.0. The van der Waals surface area contributed by atoms with E-state index in [4.69, 9.17) is 13.9 Å². The van der Waals surface area contributed by atoms with Gasteiger partial charge in [-0.15, -0.1) is 0 Å². The van der Waals surface area contributed by atoms with Crippen LogP contribution in [0.5, 0.6) is 11.5 Å². The first-order valence-electron chi connectivity index (χ1n) is 8.65. The molecule has 10 nitrogen and oxygen atoms in total. The molecule has 1 amide bonds. The second-order valence-electron chi connectivity index (χ2n) is 5.74. The van der Waals surface area contributed by atoms with Gasteiger partial charge in [0.05, 0.1) is 27.6 Å². The van der Waals surface area contributed by atoms with E-state index in [0.717, 1.165) is 6.08 Å². The SMILES string of the molecule is COC(=O)/C=C/c1cc(OC)c(OC)c(S(=O)(=O)NCCNC(=O)c2ccco2)c1. The van der Waals surface area contributed by atoms with E-state index in [1.54, 1.807) is 6.07 Å². The summed E-state index contributed by atoms with van der Waals surface area (Å²) in [6.45, 7) is -0.0529. The summed E-state index contributed by atoms with van der Waals surface area (Å²) in [6, 6.07) is 5.90. The minimum absolute atomic E-state index is 0.000149. The van der Waals surface area contributed by atoms with E-state index in [2.05, 4.69) is 14.8 Å². The molecule has 0 spiro atoms. The van der Waals surface area contributed by atoms with E-state index >= 15 is 0 Å². The van der Waals surface area contributed by atoms with Crippen molar-refractivity contribution >= 4 is 28.0 Å². The van der Waals surface area contributed by atoms with Gasteiger partial charge in [-0.25, -0.2) is 17.9 Å². The van der Waals surface area contributed by atoms with Crippen molar-refractivity contribution in [3.05, 3.63) is 47.9 Å². The molecule has 0 aliphatic rings. The number of nitrogens with one attached hydrogen (secondary N) is 2. The van der Waals surface area contributed by atoms with E-state index in [-0.39, 0.29) is 35.2 Å². The zero-order chi connectivity index (χ0) is 22.1. The number of hydrogen-bond donors (Lipinski definition) is 2. The molecule has 1 heterocycles. The molecular weight excluding hydrogens is 416 g/mol. The molecule has 0 aliphatic carbocycles. The number of amides is 1. The van der Waals surface area contributed by atoms with Gasteiger partial charge in [0.25, 0.3) is 5.91 Å². The van der Waals surface area contributed by atoms with E-state index in [0.29, 0.717) is 5.56 Å². The first-order valence-corrected chi connectivity index (χ1v) is 10.1. The molecule has 0 aliphatic heterocycles. The van der Waals surface area contributed by atoms with Gasteiger partial charge in [-0.1, -0.05) is 0 Å². The zero-order valence-electron chi connectivity index (χ0n) is 16.6. The molecule has 0 atom stereocenters. The Morgan fingerprint density at radius 1 is 1.13 bits per heavy atom. The van der Waals surface area contributed by atoms with Gasteiger partial charge < -0.3 is 23.9 Å². The number of carbonyl (C=O) groups is 2. The lowest BCUT2D eigenvalue weighted by Crippen LogP contribution is -2.34. The smallest absolute Gasteiger partial charge is 0.330 e. The van der Waals surface area contributed by atoms with E-state index < -0.39 is 21.9 Å². The monoisotopic (exact) mass is 438 g/mol. The molecule has 1 aromatic carbocycles. The minimum atomic E-state index is -4.03. The van der Waals surface area contributed by atoms with Gasteiger partial charge in [-0.2, -0.15) is 0 Å². The van der Waals surface area contributed by atoms with Gasteiger partial charge >= 0.3 is 5.97 Å². The number of carbonyl (C=O) groups excluding carboxylic acids is 2. The molecule has 2 N–H and O–H groups in total. The third-order valence-corrected chi connectivity index (χ3v) is 5.28. The standard InChI is InChI=1S/C19H22N2O8S/c1-26-15-11-13(6-7-17(22)27-2)12-16(18(15)28-3)30(24,25)21-9-8-20-19(23)14-5-4-10-29-14/h4-7,10-12,21H,8-9H2,1-3H3,(H,20,23)/b7-6+. The van der Waals surface area contributed by atoms with E-state index in [1.165, 1.54) is 51.9 Å². The van der Waals surface area contributed by atoms with Crippen LogP contribution in [0.2, 0.25) is 0 Å². The summed E-state index contributed by atoms with van der Waals surface area (Å²) in [6.07, 6.45) is 3.89. The van der Waals surface area contributed by atoms with Crippen LogP contribution in [0.15, 0.2) is 45.9 Å². The summed E-state index contributed by atoms with van der Waals surface area (Å²) < 4.78 is 47.9. The highest BCUT2D eigenvalue weighted by Gasteiger charge is 2.23. The molecule has 0 saturated heterocycles. The van der Waals surface area contributed by atoms with Gasteiger partial charge in [0.1, 0.15) is 4.90 Å². The van der Waals surface area contributed by atoms with Crippen LogP contribution in [-0.2, 0) is 19.6 Å². The summed E-state index contributed by atoms with van der Waals surface area (Å²) >= 11 is 0. The molecule has 2 aromatic rings. The number of ether oxygens (including phenoxy) is 3. The van der Waals surface area contributed by atoms with Crippen molar-refractivity contribution in [3.63, 3.8) is 0 Å². The van der Waals surface area contributed by atoms with Crippen LogP contribution in [0.1, 0.15) is 16.1 Å². The van der Waals surface area contributed by atoms with Gasteiger partial charge in [0, 0.05) is 19.2 Å². The number of benzene rings is 1. The summed E-state index contributed by atoms with van der Waals surface area (Å²) in [5.41, 5.74) is 0.379. The van der Waals surface area contributed by atoms with Crippen molar-refractivity contribution < 1.29 is 36.6 Å². The molecule has 0 radical (unpaired) electrons. The lowest BCUT2D eigenvalue weighted by atomic mass is 10.2. The molecule has 162 valence electrons. The van der Waals surface area contributed by atoms with Crippen LogP contribution in [0.3, 0.4) is 0 Å². The van der Waals surface area contributed by atoms with Crippen LogP contribution in [0.25, 0.3) is 6.08 Å². The number of esters is 1. The molecule has 0 bridgehead atoms. The van der Waals surface area contributed by atoms with Crippen molar-refractivity contribution in [2.24, 2.45) is 0 Å². The summed E-state index contributed by atoms with van der Waals surface area (Å²) in [5, 5.41) is 2.53. The molecule has 0 fully saturated rings. The van der Waals surface area contributed by atoms with E-state index in [9.17, 15) is 18.0 Å². The number of rotatable bonds is 10. The maximum atomic E-state index is 12.8. The fourth-order valence-corrected chi connectivity index (χ4v) is 3.66. The Kier molecular flexibility index (Phi) is 8.01. The highest BCUT2D eigenvalue weighted by Crippen LogP contribution is 2.36. The third kappa shape index (κ3) is 5.84. The van der Waals surface area contributed by atoms with E-state index in [1.807, 2.05) is 0 Å². The topological polar surface area (TPSA) is 133 Å². The van der Waals surface area contributed by atoms with Gasteiger partial charge in [-0.3, -0.25) is 4.79 Å². The number of methoxy groups -OCH3 is 3. The van der Waals surface area contributed by atoms with Gasteiger partial charge in [-0.05, 0) is 35.9 Å². The van der Waals surface area contributed by atoms with Gasteiger partial charge in [0.15, 0.2) is 17.3 Å². The Labute approximate surface area is 173 Å². The summed E-state index contributed by atoms with van der Waals surface area (Å²) in [5.74, 6) is -0.779. The Morgan fingerprint density at radius 3 is 2.50 bits per heavy atom. The highest BCUT2D eigenvalue weighted by molar-refractivity contribution is 7.89. The van der Waals surface area contributed by atoms with Crippen LogP contribution in [0, 0.1) is 0 Å². The Bertz CT molecular complexity index is 1010. The van der Waals surface area contributed by atoms with Crippen molar-refractivity contribution in [1.29, 1.82) is 0 Å². The largest absolute Gasteiger partial charge is 0.493 e. The summed E-state index contributed by atoms with van der Waals surface area (Å²) in [4.78, 5) is 23.0. The molecule has 2 rings (SSSR count). The van der Waals surface area contributed by atoms with Gasteiger partial charge in [0.2, 0.25) is 10.0 Å². The maximum absolute atomic E-state index is 12.8. The molecule has 30 heavy (non-hydrogen) atoms. The quantitative estimate of drug-likeness (QED) is 0.321. The molecular formula is C19H22N2O8S. The lowest BCUT2D eigenvalue weighted by Gasteiger charge is -2.15. The van der Waals surface area contributed by atoms with Crippen LogP contribution in [0.4, 0.5) is 0 Å². The second-order valence-corrected chi connectivity index (χ2v) is 7.48. The Morgan fingerprint density at radius 2 is 1.90 bits per heavy atom. The second kappa shape index (κ2) is 10.5. The molecule has 0 saturated carbocycles. The van der Waals surface area contributed by atoms with Crippen LogP contribution in [-0.4, -0.2) is 54.7 Å². The molecule has 0 unspecified atom stereocenters. The minimum Gasteiger partial charge on any atom is -0.493 e. The normalized spacial score (nSPS) is 11.3. The average molecular weight is 438 g/mol. The fourth-order valence-electron chi connectivity index (χ4n) is 2.41. The average Bonchev–Trinajstić information content (AvgIpc) is 3.29. The maximum Gasteiger partial charge on any atom is 0.330 e. The molecule has 11 heteroatoms. The van der Waals surface area contributed by atoms with Crippen molar-refractivity contribution in [2.45, 2.75) is 4.90 Å². The first-order chi connectivity index (χ1) is 14.3. The predicted molar refractivity (Wildman–Crippen MR) is 107 cm³/mol. The fraction of sp³-hybridized carbons (Fsp3) is 0.263. The highest BCUT2D eigenvalue weighted by atomic mass is 32.2.